The topological polar surface area (TPSA) is 67.6 Å². The number of carbonyl (C=O) groups is 1. The molecule has 0 spiro atoms. The quantitative estimate of drug-likeness (QED) is 0.736. The van der Waals surface area contributed by atoms with Crippen LogP contribution in [-0.2, 0) is 9.53 Å². The Balaban J connectivity index is 0.00000200. The molecular weight excluding hydrogens is 313 g/mol. The highest BCUT2D eigenvalue weighted by atomic mass is 35.5. The summed E-state index contributed by atoms with van der Waals surface area (Å²) in [5.41, 5.74) is 5.55. The number of rotatable bonds is 5. The van der Waals surface area contributed by atoms with E-state index < -0.39 is 0 Å². The minimum absolute atomic E-state index is 0. The molecule has 7 heteroatoms. The van der Waals surface area contributed by atoms with Gasteiger partial charge in [-0.1, -0.05) is 6.08 Å². The molecule has 0 saturated carbocycles. The van der Waals surface area contributed by atoms with Gasteiger partial charge in [-0.15, -0.1) is 31.4 Å². The van der Waals surface area contributed by atoms with Crippen molar-refractivity contribution in [2.24, 2.45) is 5.73 Å². The summed E-state index contributed by atoms with van der Waals surface area (Å²) in [5, 5.41) is 3.11. The number of amides is 1. The average Bonchev–Trinajstić information content (AvgIpc) is 2.90. The Morgan fingerprint density at radius 1 is 1.29 bits per heavy atom. The molecule has 2 atom stereocenters. The molecule has 0 aromatic rings. The van der Waals surface area contributed by atoms with Gasteiger partial charge in [0.05, 0.1) is 6.10 Å². The predicted octanol–water partition coefficient (Wildman–Crippen LogP) is 1.10. The Hall–Kier alpha value is -0.330. The fraction of sp³-hybridized carbons (Fsp3) is 0.786. The number of nitrogens with zero attached hydrogens (tertiary/aromatic N) is 1. The van der Waals surface area contributed by atoms with Crippen LogP contribution in [-0.4, -0.2) is 55.2 Å². The molecule has 0 bridgehead atoms. The Bertz CT molecular complexity index is 323. The Morgan fingerprint density at radius 3 is 2.48 bits per heavy atom. The molecule has 2 heterocycles. The monoisotopic (exact) mass is 339 g/mol. The normalized spacial score (nSPS) is 26.5. The van der Waals surface area contributed by atoms with E-state index in [-0.39, 0.29) is 49.0 Å². The molecule has 0 aromatic heterocycles. The van der Waals surface area contributed by atoms with Gasteiger partial charge in [-0.2, -0.15) is 0 Å². The van der Waals surface area contributed by atoms with Gasteiger partial charge in [0.1, 0.15) is 6.10 Å². The zero-order valence-electron chi connectivity index (χ0n) is 12.3. The maximum Gasteiger partial charge on any atom is 0.249 e. The lowest BCUT2D eigenvalue weighted by Gasteiger charge is -2.32. The smallest absolute Gasteiger partial charge is 0.249 e. The molecule has 2 aliphatic rings. The second-order valence-electron chi connectivity index (χ2n) is 5.43. The first-order chi connectivity index (χ1) is 9.22. The van der Waals surface area contributed by atoms with Gasteiger partial charge in [0, 0.05) is 32.2 Å². The third-order valence-corrected chi connectivity index (χ3v) is 3.98. The highest BCUT2D eigenvalue weighted by Crippen LogP contribution is 2.19. The zero-order chi connectivity index (χ0) is 13.7. The van der Waals surface area contributed by atoms with Crippen LogP contribution >= 0.6 is 24.8 Å². The van der Waals surface area contributed by atoms with Gasteiger partial charge in [0.25, 0.3) is 0 Å². The number of hydrogen-bond acceptors (Lipinski definition) is 4. The lowest BCUT2D eigenvalue weighted by molar-refractivity contribution is -0.132. The van der Waals surface area contributed by atoms with Crippen LogP contribution in [0.2, 0.25) is 0 Å². The van der Waals surface area contributed by atoms with Crippen LogP contribution in [0.1, 0.15) is 25.7 Å². The van der Waals surface area contributed by atoms with Gasteiger partial charge in [-0.25, -0.2) is 0 Å². The number of carbonyl (C=O) groups excluding carboxylic acids is 1. The van der Waals surface area contributed by atoms with Gasteiger partial charge in [-0.05, 0) is 25.7 Å². The highest BCUT2D eigenvalue weighted by Gasteiger charge is 2.31. The number of nitrogens with two attached hydrogens (primary N) is 1. The van der Waals surface area contributed by atoms with E-state index in [1.165, 1.54) is 0 Å². The van der Waals surface area contributed by atoms with Crippen molar-refractivity contribution in [3.63, 3.8) is 0 Å². The lowest BCUT2D eigenvalue weighted by Crippen LogP contribution is -2.47. The van der Waals surface area contributed by atoms with Crippen LogP contribution < -0.4 is 11.1 Å². The molecule has 0 radical (unpaired) electrons. The van der Waals surface area contributed by atoms with Crippen LogP contribution in [0, 0.1) is 0 Å². The number of halogens is 2. The van der Waals surface area contributed by atoms with E-state index in [4.69, 9.17) is 10.5 Å². The second kappa shape index (κ2) is 10.4. The molecule has 0 aliphatic carbocycles. The van der Waals surface area contributed by atoms with Crippen LogP contribution in [0.25, 0.3) is 0 Å². The molecule has 21 heavy (non-hydrogen) atoms. The van der Waals surface area contributed by atoms with Crippen LogP contribution in [0.5, 0.6) is 0 Å². The van der Waals surface area contributed by atoms with E-state index in [1.54, 1.807) is 0 Å². The standard InChI is InChI=1S/C14H25N3O2.2ClH/c1-2-7-17-8-5-11(6-9-17)16-14(18)13-4-3-12(10-15)19-13;;/h2,11-13H,1,3-10,15H2,(H,16,18);2*1H/t12-,13+;;/m1../s1. The summed E-state index contributed by atoms with van der Waals surface area (Å²) >= 11 is 0. The van der Waals surface area contributed by atoms with Gasteiger partial charge in [0.2, 0.25) is 5.91 Å². The van der Waals surface area contributed by atoms with Crippen molar-refractivity contribution in [2.75, 3.05) is 26.2 Å². The first-order valence-electron chi connectivity index (χ1n) is 7.22. The van der Waals surface area contributed by atoms with E-state index in [9.17, 15) is 4.79 Å². The first-order valence-corrected chi connectivity index (χ1v) is 7.22. The molecule has 5 nitrogen and oxygen atoms in total. The minimum atomic E-state index is -0.292. The summed E-state index contributed by atoms with van der Waals surface area (Å²) in [6.45, 7) is 7.23. The molecule has 3 N–H and O–H groups in total. The number of hydrogen-bond donors (Lipinski definition) is 2. The summed E-state index contributed by atoms with van der Waals surface area (Å²) in [4.78, 5) is 14.4. The van der Waals surface area contributed by atoms with Gasteiger partial charge < -0.3 is 15.8 Å². The number of ether oxygens (including phenoxy) is 1. The molecule has 2 rings (SSSR count). The molecular formula is C14H27Cl2N3O2. The Kier molecular flexibility index (Phi) is 10.2. The van der Waals surface area contributed by atoms with Crippen molar-refractivity contribution >= 4 is 30.7 Å². The third kappa shape index (κ3) is 6.12. The van der Waals surface area contributed by atoms with E-state index in [0.717, 1.165) is 45.3 Å². The fourth-order valence-electron chi connectivity index (χ4n) is 2.81. The van der Waals surface area contributed by atoms with Crippen molar-refractivity contribution in [2.45, 2.75) is 43.9 Å². The largest absolute Gasteiger partial charge is 0.364 e. The Morgan fingerprint density at radius 2 is 1.95 bits per heavy atom. The predicted molar refractivity (Wildman–Crippen MR) is 89.2 cm³/mol. The van der Waals surface area contributed by atoms with Crippen LogP contribution in [0.15, 0.2) is 12.7 Å². The number of nitrogens with one attached hydrogen (secondary N) is 1. The Labute approximate surface area is 139 Å². The molecule has 1 amide bonds. The summed E-state index contributed by atoms with van der Waals surface area (Å²) < 4.78 is 5.61. The van der Waals surface area contributed by atoms with E-state index in [2.05, 4.69) is 16.8 Å². The molecule has 2 aliphatic heterocycles. The van der Waals surface area contributed by atoms with Gasteiger partial charge >= 0.3 is 0 Å². The fourth-order valence-corrected chi connectivity index (χ4v) is 2.81. The summed E-state index contributed by atoms with van der Waals surface area (Å²) in [6.07, 6.45) is 5.40. The lowest BCUT2D eigenvalue weighted by atomic mass is 10.0. The van der Waals surface area contributed by atoms with Crippen molar-refractivity contribution in [1.29, 1.82) is 0 Å². The van der Waals surface area contributed by atoms with E-state index in [1.807, 2.05) is 6.08 Å². The van der Waals surface area contributed by atoms with Crippen molar-refractivity contribution in [1.82, 2.24) is 10.2 Å². The zero-order valence-corrected chi connectivity index (χ0v) is 14.0. The molecule has 2 fully saturated rings. The van der Waals surface area contributed by atoms with Crippen LogP contribution in [0.3, 0.4) is 0 Å². The maximum atomic E-state index is 12.1. The average molecular weight is 340 g/mol. The van der Waals surface area contributed by atoms with Crippen molar-refractivity contribution < 1.29 is 9.53 Å². The number of likely N-dealkylation sites (tertiary alicyclic amines) is 1. The first kappa shape index (κ1) is 20.7. The highest BCUT2D eigenvalue weighted by molar-refractivity contribution is 5.85. The van der Waals surface area contributed by atoms with Crippen LogP contribution in [0.4, 0.5) is 0 Å². The van der Waals surface area contributed by atoms with Gasteiger partial charge in [-0.3, -0.25) is 9.69 Å². The molecule has 2 saturated heterocycles. The summed E-state index contributed by atoms with van der Waals surface area (Å²) in [7, 11) is 0. The number of piperidine rings is 1. The summed E-state index contributed by atoms with van der Waals surface area (Å²) in [5.74, 6) is 0.0399. The minimum Gasteiger partial charge on any atom is -0.364 e. The second-order valence-corrected chi connectivity index (χ2v) is 5.43. The molecule has 124 valence electrons. The molecule has 0 unspecified atom stereocenters. The van der Waals surface area contributed by atoms with Gasteiger partial charge in [0.15, 0.2) is 0 Å². The maximum absolute atomic E-state index is 12.1. The van der Waals surface area contributed by atoms with E-state index >= 15 is 0 Å². The molecule has 0 aromatic carbocycles. The van der Waals surface area contributed by atoms with Crippen molar-refractivity contribution in [3.05, 3.63) is 12.7 Å². The van der Waals surface area contributed by atoms with Crippen molar-refractivity contribution in [3.8, 4) is 0 Å². The van der Waals surface area contributed by atoms with E-state index in [0.29, 0.717) is 6.54 Å². The third-order valence-electron chi connectivity index (χ3n) is 3.98. The SMILES string of the molecule is C=CCN1CCC(NC(=O)[C@@H]2CC[C@H](CN)O2)CC1.Cl.Cl. The summed E-state index contributed by atoms with van der Waals surface area (Å²) in [6, 6.07) is 0.286.